The summed E-state index contributed by atoms with van der Waals surface area (Å²) in [5.41, 5.74) is 4.10. The van der Waals surface area contributed by atoms with Crippen LogP contribution in [-0.2, 0) is 24.2 Å². The molecule has 1 aliphatic rings. The molecule has 1 unspecified atom stereocenters. The number of para-hydroxylation sites is 1. The fraction of sp³-hybridized carbons (Fsp3) is 0.278. The Morgan fingerprint density at radius 3 is 2.62 bits per heavy atom. The first-order valence-corrected chi connectivity index (χ1v) is 7.34. The summed E-state index contributed by atoms with van der Waals surface area (Å²) in [6.07, 6.45) is 2.63. The van der Waals surface area contributed by atoms with Crippen LogP contribution in [0, 0.1) is 5.92 Å². The van der Waals surface area contributed by atoms with Gasteiger partial charge in [-0.2, -0.15) is 0 Å². The van der Waals surface area contributed by atoms with E-state index in [1.807, 2.05) is 30.3 Å². The molecule has 0 bridgehead atoms. The lowest BCUT2D eigenvalue weighted by molar-refractivity contribution is -0.120. The Hall–Kier alpha value is -2.13. The second-order valence-electron chi connectivity index (χ2n) is 5.51. The topological polar surface area (TPSA) is 49.3 Å². The van der Waals surface area contributed by atoms with Crippen LogP contribution in [-0.4, -0.2) is 11.0 Å². The van der Waals surface area contributed by atoms with Crippen molar-refractivity contribution < 1.29 is 9.90 Å². The number of hydrogen-bond donors (Lipinski definition) is 2. The molecule has 1 atom stereocenters. The van der Waals surface area contributed by atoms with E-state index in [1.165, 1.54) is 11.1 Å². The summed E-state index contributed by atoms with van der Waals surface area (Å²) >= 11 is 0. The Morgan fingerprint density at radius 2 is 1.81 bits per heavy atom. The standard InChI is InChI=1S/C18H19NO2/c20-12-16-7-3-4-8-17(16)19-18(21)15-10-9-13-5-1-2-6-14(13)11-15/h1-8,15,20H,9-12H2,(H,19,21). The van der Waals surface area contributed by atoms with Crippen molar-refractivity contribution in [2.75, 3.05) is 5.32 Å². The van der Waals surface area contributed by atoms with Gasteiger partial charge in [-0.3, -0.25) is 4.79 Å². The number of carbonyl (C=O) groups is 1. The monoisotopic (exact) mass is 281 g/mol. The quantitative estimate of drug-likeness (QED) is 0.909. The Balaban J connectivity index is 1.72. The zero-order valence-electron chi connectivity index (χ0n) is 11.9. The molecule has 3 rings (SSSR count). The van der Waals surface area contributed by atoms with Gasteiger partial charge in [0.1, 0.15) is 0 Å². The number of amides is 1. The number of rotatable bonds is 3. The minimum atomic E-state index is -0.0655. The van der Waals surface area contributed by atoms with E-state index >= 15 is 0 Å². The van der Waals surface area contributed by atoms with Gasteiger partial charge in [0, 0.05) is 17.2 Å². The summed E-state index contributed by atoms with van der Waals surface area (Å²) in [5, 5.41) is 12.3. The molecule has 0 spiro atoms. The first kappa shape index (κ1) is 13.8. The summed E-state index contributed by atoms with van der Waals surface area (Å²) in [5.74, 6) is 0.0528. The summed E-state index contributed by atoms with van der Waals surface area (Å²) in [7, 11) is 0. The fourth-order valence-electron chi connectivity index (χ4n) is 2.94. The van der Waals surface area contributed by atoms with Crippen molar-refractivity contribution in [1.29, 1.82) is 0 Å². The van der Waals surface area contributed by atoms with Gasteiger partial charge in [-0.05, 0) is 36.5 Å². The van der Waals surface area contributed by atoms with E-state index < -0.39 is 0 Å². The molecule has 1 aliphatic carbocycles. The van der Waals surface area contributed by atoms with Crippen LogP contribution in [0.25, 0.3) is 0 Å². The Labute approximate surface area is 124 Å². The van der Waals surface area contributed by atoms with E-state index in [-0.39, 0.29) is 18.4 Å². The molecule has 0 heterocycles. The van der Waals surface area contributed by atoms with Crippen LogP contribution >= 0.6 is 0 Å². The highest BCUT2D eigenvalue weighted by Crippen LogP contribution is 2.27. The normalized spacial score (nSPS) is 17.1. The van der Waals surface area contributed by atoms with Gasteiger partial charge in [0.05, 0.1) is 6.61 Å². The van der Waals surface area contributed by atoms with E-state index in [0.29, 0.717) is 5.69 Å². The van der Waals surface area contributed by atoms with Gasteiger partial charge >= 0.3 is 0 Å². The first-order chi connectivity index (χ1) is 10.3. The van der Waals surface area contributed by atoms with E-state index in [0.717, 1.165) is 24.8 Å². The molecule has 0 radical (unpaired) electrons. The van der Waals surface area contributed by atoms with Gasteiger partial charge in [-0.1, -0.05) is 42.5 Å². The van der Waals surface area contributed by atoms with E-state index in [9.17, 15) is 9.90 Å². The average Bonchev–Trinajstić information content (AvgIpc) is 2.55. The number of hydrogen-bond acceptors (Lipinski definition) is 2. The smallest absolute Gasteiger partial charge is 0.227 e. The minimum Gasteiger partial charge on any atom is -0.392 e. The lowest BCUT2D eigenvalue weighted by Gasteiger charge is -2.24. The largest absolute Gasteiger partial charge is 0.392 e. The maximum atomic E-state index is 12.5. The molecule has 0 saturated carbocycles. The summed E-state index contributed by atoms with van der Waals surface area (Å²) < 4.78 is 0. The van der Waals surface area contributed by atoms with Gasteiger partial charge in [0.25, 0.3) is 0 Å². The molecule has 0 aromatic heterocycles. The molecule has 3 heteroatoms. The molecule has 21 heavy (non-hydrogen) atoms. The van der Waals surface area contributed by atoms with Crippen LogP contribution in [0.15, 0.2) is 48.5 Å². The summed E-state index contributed by atoms with van der Waals surface area (Å²) in [4.78, 5) is 12.5. The number of anilines is 1. The molecule has 0 aliphatic heterocycles. The van der Waals surface area contributed by atoms with Crippen molar-refractivity contribution in [1.82, 2.24) is 0 Å². The number of fused-ring (bicyclic) bond motifs is 1. The Morgan fingerprint density at radius 1 is 1.10 bits per heavy atom. The maximum absolute atomic E-state index is 12.5. The van der Waals surface area contributed by atoms with Crippen molar-refractivity contribution >= 4 is 11.6 Å². The number of nitrogens with one attached hydrogen (secondary N) is 1. The molecular formula is C18H19NO2. The highest BCUT2D eigenvalue weighted by atomic mass is 16.3. The lowest BCUT2D eigenvalue weighted by Crippen LogP contribution is -2.28. The summed E-state index contributed by atoms with van der Waals surface area (Å²) in [6.45, 7) is -0.0655. The highest BCUT2D eigenvalue weighted by Gasteiger charge is 2.24. The van der Waals surface area contributed by atoms with E-state index in [1.54, 1.807) is 0 Å². The van der Waals surface area contributed by atoms with Crippen LogP contribution in [0.2, 0.25) is 0 Å². The van der Waals surface area contributed by atoms with Crippen molar-refractivity contribution in [3.8, 4) is 0 Å². The van der Waals surface area contributed by atoms with Crippen molar-refractivity contribution in [3.05, 3.63) is 65.2 Å². The number of aliphatic hydroxyl groups is 1. The van der Waals surface area contributed by atoms with Gasteiger partial charge in [-0.15, -0.1) is 0 Å². The second kappa shape index (κ2) is 6.10. The average molecular weight is 281 g/mol. The number of benzene rings is 2. The zero-order chi connectivity index (χ0) is 14.7. The van der Waals surface area contributed by atoms with Gasteiger partial charge in [0.15, 0.2) is 0 Å². The molecule has 0 saturated heterocycles. The van der Waals surface area contributed by atoms with Gasteiger partial charge in [-0.25, -0.2) is 0 Å². The van der Waals surface area contributed by atoms with Gasteiger partial charge < -0.3 is 10.4 Å². The third-order valence-corrected chi connectivity index (χ3v) is 4.16. The van der Waals surface area contributed by atoms with Gasteiger partial charge in [0.2, 0.25) is 5.91 Å². The molecular weight excluding hydrogens is 262 g/mol. The molecule has 2 aromatic rings. The first-order valence-electron chi connectivity index (χ1n) is 7.34. The molecule has 1 amide bonds. The van der Waals surface area contributed by atoms with Crippen LogP contribution in [0.1, 0.15) is 23.1 Å². The van der Waals surface area contributed by atoms with E-state index in [2.05, 4.69) is 23.5 Å². The predicted octanol–water partition coefficient (Wildman–Crippen LogP) is 2.92. The van der Waals surface area contributed by atoms with Crippen molar-refractivity contribution in [3.63, 3.8) is 0 Å². The second-order valence-corrected chi connectivity index (χ2v) is 5.51. The van der Waals surface area contributed by atoms with Crippen LogP contribution in [0.4, 0.5) is 5.69 Å². The SMILES string of the molecule is O=C(Nc1ccccc1CO)C1CCc2ccccc2C1. The van der Waals surface area contributed by atoms with Crippen molar-refractivity contribution in [2.24, 2.45) is 5.92 Å². The molecule has 108 valence electrons. The van der Waals surface area contributed by atoms with E-state index in [4.69, 9.17) is 0 Å². The number of aryl methyl sites for hydroxylation is 1. The molecule has 0 fully saturated rings. The van der Waals surface area contributed by atoms with Crippen LogP contribution in [0.5, 0.6) is 0 Å². The Bertz CT molecular complexity index is 651. The zero-order valence-corrected chi connectivity index (χ0v) is 11.9. The molecule has 3 nitrogen and oxygen atoms in total. The predicted molar refractivity (Wildman–Crippen MR) is 83.0 cm³/mol. The lowest BCUT2D eigenvalue weighted by atomic mass is 9.83. The highest BCUT2D eigenvalue weighted by molar-refractivity contribution is 5.93. The number of carbonyl (C=O) groups excluding carboxylic acids is 1. The van der Waals surface area contributed by atoms with Crippen LogP contribution in [0.3, 0.4) is 0 Å². The Kier molecular flexibility index (Phi) is 4.02. The number of aliphatic hydroxyl groups excluding tert-OH is 1. The third-order valence-electron chi connectivity index (χ3n) is 4.16. The van der Waals surface area contributed by atoms with Crippen LogP contribution < -0.4 is 5.32 Å². The minimum absolute atomic E-state index is 0.00616. The van der Waals surface area contributed by atoms with Crippen molar-refractivity contribution in [2.45, 2.75) is 25.9 Å². The molecule has 2 N–H and O–H groups in total. The summed E-state index contributed by atoms with van der Waals surface area (Å²) in [6, 6.07) is 15.7. The molecule has 2 aromatic carbocycles. The maximum Gasteiger partial charge on any atom is 0.227 e. The fourth-order valence-corrected chi connectivity index (χ4v) is 2.94. The third kappa shape index (κ3) is 2.98.